The molecule has 0 radical (unpaired) electrons. The van der Waals surface area contributed by atoms with E-state index >= 15 is 0 Å². The Hall–Kier alpha value is -4.28. The van der Waals surface area contributed by atoms with Crippen molar-refractivity contribution in [3.63, 3.8) is 0 Å². The van der Waals surface area contributed by atoms with Crippen LogP contribution in [0.4, 0.5) is 27.4 Å². The van der Waals surface area contributed by atoms with Crippen molar-refractivity contribution < 1.29 is 9.31 Å². The van der Waals surface area contributed by atoms with Crippen LogP contribution in [0.25, 0.3) is 11.0 Å². The number of imidazole rings is 1. The number of nitrogens with one attached hydrogen (secondary N) is 2. The van der Waals surface area contributed by atoms with E-state index < -0.39 is 4.92 Å². The lowest BCUT2D eigenvalue weighted by molar-refractivity contribution is -0.383. The topological polar surface area (TPSA) is 116 Å². The number of hydrogen-bond donors (Lipinski definition) is 2. The largest absolute Gasteiger partial charge is 0.366 e. The standard InChI is InChI=1S/C22H21FN8O2/c23-15-5-1-4-8-18(15)29-9-11-30(12-10-29)22-20(31(32)33)21(25-14-26-22)24-13-19-27-16-6-2-3-7-17(16)28-19/h1-8,14H,9-13H2,(H,27,28)(H,24,25,26). The van der Waals surface area contributed by atoms with E-state index in [1.54, 1.807) is 18.2 Å². The fourth-order valence-corrected chi connectivity index (χ4v) is 4.02. The molecule has 4 aromatic rings. The second-order valence-electron chi connectivity index (χ2n) is 7.63. The maximum atomic E-state index is 14.1. The smallest absolute Gasteiger partial charge is 0.353 e. The van der Waals surface area contributed by atoms with E-state index in [1.807, 2.05) is 34.1 Å². The van der Waals surface area contributed by atoms with Crippen LogP contribution in [-0.4, -0.2) is 51.0 Å². The molecule has 1 fully saturated rings. The van der Waals surface area contributed by atoms with Crippen LogP contribution in [0.2, 0.25) is 0 Å². The Kier molecular flexibility index (Phi) is 5.43. The van der Waals surface area contributed by atoms with Gasteiger partial charge in [-0.2, -0.15) is 0 Å². The molecule has 1 saturated heterocycles. The zero-order chi connectivity index (χ0) is 22.8. The van der Waals surface area contributed by atoms with Gasteiger partial charge in [0.2, 0.25) is 11.6 Å². The predicted octanol–water partition coefficient (Wildman–Crippen LogP) is 3.34. The second-order valence-corrected chi connectivity index (χ2v) is 7.63. The van der Waals surface area contributed by atoms with Crippen LogP contribution in [-0.2, 0) is 6.54 Å². The highest BCUT2D eigenvalue weighted by atomic mass is 19.1. The van der Waals surface area contributed by atoms with Gasteiger partial charge in [0.05, 0.1) is 28.2 Å². The van der Waals surface area contributed by atoms with Gasteiger partial charge in [0.1, 0.15) is 18.0 Å². The van der Waals surface area contributed by atoms with Crippen molar-refractivity contribution in [3.8, 4) is 0 Å². The molecule has 0 bridgehead atoms. The van der Waals surface area contributed by atoms with E-state index in [4.69, 9.17) is 0 Å². The lowest BCUT2D eigenvalue weighted by Gasteiger charge is -2.36. The summed E-state index contributed by atoms with van der Waals surface area (Å²) < 4.78 is 14.1. The van der Waals surface area contributed by atoms with E-state index in [2.05, 4.69) is 25.3 Å². The quantitative estimate of drug-likeness (QED) is 0.341. The summed E-state index contributed by atoms with van der Waals surface area (Å²) in [6, 6.07) is 14.2. The van der Waals surface area contributed by atoms with Crippen molar-refractivity contribution >= 4 is 34.0 Å². The fourth-order valence-electron chi connectivity index (χ4n) is 4.02. The average molecular weight is 448 g/mol. The molecule has 11 heteroatoms. The Morgan fingerprint density at radius 2 is 1.76 bits per heavy atom. The summed E-state index contributed by atoms with van der Waals surface area (Å²) >= 11 is 0. The SMILES string of the molecule is O=[N+]([O-])c1c(NCc2nc3ccccc3[nH]2)ncnc1N1CCN(c2ccccc2F)CC1. The average Bonchev–Trinajstić information content (AvgIpc) is 3.26. The van der Waals surface area contributed by atoms with E-state index in [0.717, 1.165) is 11.0 Å². The summed E-state index contributed by atoms with van der Waals surface area (Å²) in [5.74, 6) is 0.734. The van der Waals surface area contributed by atoms with Gasteiger partial charge in [-0.3, -0.25) is 10.1 Å². The zero-order valence-corrected chi connectivity index (χ0v) is 17.6. The second kappa shape index (κ2) is 8.69. The Labute approximate surface area is 188 Å². The predicted molar refractivity (Wildman–Crippen MR) is 123 cm³/mol. The molecule has 0 saturated carbocycles. The van der Waals surface area contributed by atoms with Crippen LogP contribution in [0.5, 0.6) is 0 Å². The molecule has 0 amide bonds. The summed E-state index contributed by atoms with van der Waals surface area (Å²) in [5, 5.41) is 15.0. The first-order valence-electron chi connectivity index (χ1n) is 10.5. The lowest BCUT2D eigenvalue weighted by atomic mass is 10.2. The van der Waals surface area contributed by atoms with Crippen LogP contribution < -0.4 is 15.1 Å². The fraction of sp³-hybridized carbons (Fsp3) is 0.227. The van der Waals surface area contributed by atoms with Gasteiger partial charge in [-0.25, -0.2) is 19.3 Å². The number of nitro groups is 1. The molecule has 0 atom stereocenters. The molecule has 33 heavy (non-hydrogen) atoms. The highest BCUT2D eigenvalue weighted by Gasteiger charge is 2.29. The van der Waals surface area contributed by atoms with Crippen molar-refractivity contribution in [2.24, 2.45) is 0 Å². The minimum absolute atomic E-state index is 0.127. The van der Waals surface area contributed by atoms with Gasteiger partial charge in [-0.05, 0) is 24.3 Å². The number of anilines is 3. The number of aromatic amines is 1. The van der Waals surface area contributed by atoms with Crippen LogP contribution in [0.15, 0.2) is 54.9 Å². The van der Waals surface area contributed by atoms with Crippen LogP contribution in [0.3, 0.4) is 0 Å². The molecule has 168 valence electrons. The summed E-state index contributed by atoms with van der Waals surface area (Å²) in [5.41, 5.74) is 2.05. The third-order valence-electron chi connectivity index (χ3n) is 5.62. The number of fused-ring (bicyclic) bond motifs is 1. The molecule has 0 spiro atoms. The minimum atomic E-state index is -0.473. The summed E-state index contributed by atoms with van der Waals surface area (Å²) in [7, 11) is 0. The van der Waals surface area contributed by atoms with E-state index in [1.165, 1.54) is 12.4 Å². The molecule has 1 aliphatic heterocycles. The number of H-pyrrole nitrogens is 1. The highest BCUT2D eigenvalue weighted by Crippen LogP contribution is 2.33. The zero-order valence-electron chi connectivity index (χ0n) is 17.6. The third kappa shape index (κ3) is 4.12. The number of aromatic nitrogens is 4. The Morgan fingerprint density at radius 3 is 2.52 bits per heavy atom. The molecular formula is C22H21FN8O2. The van der Waals surface area contributed by atoms with Crippen LogP contribution in [0.1, 0.15) is 5.82 Å². The van der Waals surface area contributed by atoms with Crippen molar-refractivity contribution in [2.75, 3.05) is 41.3 Å². The lowest BCUT2D eigenvalue weighted by Crippen LogP contribution is -2.47. The molecule has 2 N–H and O–H groups in total. The maximum absolute atomic E-state index is 14.1. The number of piperazine rings is 1. The molecule has 5 rings (SSSR count). The van der Waals surface area contributed by atoms with Crippen molar-refractivity contribution in [2.45, 2.75) is 6.54 Å². The maximum Gasteiger partial charge on any atom is 0.353 e. The van der Waals surface area contributed by atoms with Crippen molar-refractivity contribution in [1.82, 2.24) is 19.9 Å². The number of rotatable bonds is 6. The molecule has 1 aliphatic rings. The van der Waals surface area contributed by atoms with Gasteiger partial charge in [0.15, 0.2) is 0 Å². The molecule has 0 aliphatic carbocycles. The van der Waals surface area contributed by atoms with E-state index in [-0.39, 0.29) is 29.7 Å². The Balaban J connectivity index is 1.34. The number of halogens is 1. The van der Waals surface area contributed by atoms with E-state index in [9.17, 15) is 14.5 Å². The van der Waals surface area contributed by atoms with Gasteiger partial charge in [0.25, 0.3) is 0 Å². The van der Waals surface area contributed by atoms with Gasteiger partial charge < -0.3 is 20.1 Å². The first-order valence-corrected chi connectivity index (χ1v) is 10.5. The number of hydrogen-bond acceptors (Lipinski definition) is 8. The summed E-state index contributed by atoms with van der Waals surface area (Å²) in [6.45, 7) is 2.21. The molecule has 2 aromatic carbocycles. The highest BCUT2D eigenvalue weighted by molar-refractivity contribution is 5.75. The number of benzene rings is 2. The Bertz CT molecular complexity index is 1270. The first kappa shape index (κ1) is 20.6. The van der Waals surface area contributed by atoms with Crippen LogP contribution in [0, 0.1) is 15.9 Å². The molecular weight excluding hydrogens is 427 g/mol. The minimum Gasteiger partial charge on any atom is -0.366 e. The number of para-hydroxylation sites is 3. The summed E-state index contributed by atoms with van der Waals surface area (Å²) in [6.07, 6.45) is 1.31. The molecule has 0 unspecified atom stereocenters. The van der Waals surface area contributed by atoms with Crippen molar-refractivity contribution in [3.05, 3.63) is 76.6 Å². The third-order valence-corrected chi connectivity index (χ3v) is 5.62. The van der Waals surface area contributed by atoms with Gasteiger partial charge in [-0.15, -0.1) is 0 Å². The monoisotopic (exact) mass is 448 g/mol. The molecule has 3 heterocycles. The summed E-state index contributed by atoms with van der Waals surface area (Å²) in [4.78, 5) is 31.2. The van der Waals surface area contributed by atoms with Gasteiger partial charge in [-0.1, -0.05) is 24.3 Å². The number of nitrogens with zero attached hydrogens (tertiary/aromatic N) is 6. The normalized spacial score (nSPS) is 14.0. The van der Waals surface area contributed by atoms with E-state index in [0.29, 0.717) is 37.7 Å². The Morgan fingerprint density at radius 1 is 1.03 bits per heavy atom. The van der Waals surface area contributed by atoms with Crippen molar-refractivity contribution in [1.29, 1.82) is 0 Å². The first-order chi connectivity index (χ1) is 16.1. The molecule has 10 nitrogen and oxygen atoms in total. The van der Waals surface area contributed by atoms with Gasteiger partial charge in [0, 0.05) is 26.2 Å². The van der Waals surface area contributed by atoms with Gasteiger partial charge >= 0.3 is 5.69 Å². The van der Waals surface area contributed by atoms with Crippen LogP contribution >= 0.6 is 0 Å². The molecule has 2 aromatic heterocycles.